The Morgan fingerprint density at radius 2 is 1.55 bits per heavy atom. The summed E-state index contributed by atoms with van der Waals surface area (Å²) in [4.78, 5) is 39.3. The molecule has 200 valence electrons. The van der Waals surface area contributed by atoms with Gasteiger partial charge in [-0.25, -0.2) is 14.1 Å². The monoisotopic (exact) mass is 556 g/mol. The van der Waals surface area contributed by atoms with Crippen LogP contribution in [0.3, 0.4) is 0 Å². The minimum atomic E-state index is -0.857. The lowest BCUT2D eigenvalue weighted by Gasteiger charge is -2.26. The number of carbonyl (C=O) groups excluding carboxylic acids is 3. The summed E-state index contributed by atoms with van der Waals surface area (Å²) in [6.07, 6.45) is 1.38. The van der Waals surface area contributed by atoms with Gasteiger partial charge in [-0.3, -0.25) is 14.9 Å². The first kappa shape index (κ1) is 26.6. The largest absolute Gasteiger partial charge is 0.489 e. The predicted molar refractivity (Wildman–Crippen MR) is 148 cm³/mol. The van der Waals surface area contributed by atoms with Crippen molar-refractivity contribution < 1.29 is 28.2 Å². The van der Waals surface area contributed by atoms with Crippen molar-refractivity contribution in [2.75, 3.05) is 4.90 Å². The number of hydrogen-bond acceptors (Lipinski definition) is 5. The quantitative estimate of drug-likeness (QED) is 0.203. The fraction of sp³-hybridized carbons (Fsp3) is 0.0645. The van der Waals surface area contributed by atoms with Gasteiger partial charge in [-0.05, 0) is 71.8 Å². The third kappa shape index (κ3) is 6.19. The van der Waals surface area contributed by atoms with E-state index in [1.807, 2.05) is 18.2 Å². The third-order valence-electron chi connectivity index (χ3n) is 6.01. The predicted octanol–water partition coefficient (Wildman–Crippen LogP) is 6.30. The summed E-state index contributed by atoms with van der Waals surface area (Å²) < 4.78 is 24.9. The van der Waals surface area contributed by atoms with E-state index in [1.165, 1.54) is 18.2 Å². The van der Waals surface area contributed by atoms with Gasteiger partial charge in [-0.2, -0.15) is 0 Å². The maximum atomic E-state index is 13.4. The van der Waals surface area contributed by atoms with Gasteiger partial charge in [0.2, 0.25) is 0 Å². The molecular weight excluding hydrogens is 535 g/mol. The molecule has 9 heteroatoms. The zero-order chi connectivity index (χ0) is 28.1. The maximum Gasteiger partial charge on any atom is 0.335 e. The highest BCUT2D eigenvalue weighted by atomic mass is 35.5. The number of amides is 4. The van der Waals surface area contributed by atoms with Crippen LogP contribution in [-0.2, 0) is 22.8 Å². The van der Waals surface area contributed by atoms with Crippen LogP contribution in [0.25, 0.3) is 6.08 Å². The van der Waals surface area contributed by atoms with Gasteiger partial charge < -0.3 is 9.47 Å². The molecule has 0 atom stereocenters. The number of anilines is 1. The summed E-state index contributed by atoms with van der Waals surface area (Å²) in [5, 5.41) is 2.79. The molecule has 1 heterocycles. The molecule has 0 spiro atoms. The van der Waals surface area contributed by atoms with Gasteiger partial charge in [0.05, 0.1) is 5.69 Å². The molecule has 0 saturated carbocycles. The van der Waals surface area contributed by atoms with E-state index in [9.17, 15) is 18.8 Å². The molecular formula is C31H22ClFN2O5. The van der Waals surface area contributed by atoms with E-state index in [-0.39, 0.29) is 30.3 Å². The van der Waals surface area contributed by atoms with Gasteiger partial charge in [0.25, 0.3) is 11.8 Å². The lowest BCUT2D eigenvalue weighted by Crippen LogP contribution is -2.54. The van der Waals surface area contributed by atoms with Crippen LogP contribution in [0.4, 0.5) is 14.9 Å². The normalized spacial score (nSPS) is 14.3. The number of nitrogens with zero attached hydrogens (tertiary/aromatic N) is 1. The molecule has 5 rings (SSSR count). The van der Waals surface area contributed by atoms with E-state index < -0.39 is 17.8 Å². The Hall–Kier alpha value is -4.95. The Morgan fingerprint density at radius 1 is 0.800 bits per heavy atom. The van der Waals surface area contributed by atoms with Crippen molar-refractivity contribution in [1.29, 1.82) is 0 Å². The first-order chi connectivity index (χ1) is 19.4. The zero-order valence-electron chi connectivity index (χ0n) is 21.0. The van der Waals surface area contributed by atoms with Crippen LogP contribution in [0.2, 0.25) is 5.02 Å². The maximum absolute atomic E-state index is 13.4. The van der Waals surface area contributed by atoms with Crippen LogP contribution < -0.4 is 19.7 Å². The molecule has 1 aliphatic rings. The Morgan fingerprint density at radius 3 is 2.33 bits per heavy atom. The summed E-state index contributed by atoms with van der Waals surface area (Å²) >= 11 is 6.17. The van der Waals surface area contributed by atoms with Crippen LogP contribution in [-0.4, -0.2) is 17.8 Å². The van der Waals surface area contributed by atoms with Crippen molar-refractivity contribution in [2.24, 2.45) is 0 Å². The van der Waals surface area contributed by atoms with Gasteiger partial charge in [0.1, 0.15) is 36.1 Å². The average molecular weight is 557 g/mol. The molecule has 1 aliphatic heterocycles. The smallest absolute Gasteiger partial charge is 0.335 e. The second kappa shape index (κ2) is 11.8. The van der Waals surface area contributed by atoms with Gasteiger partial charge in [-0.15, -0.1) is 0 Å². The Kier molecular flexibility index (Phi) is 7.89. The summed E-state index contributed by atoms with van der Waals surface area (Å²) in [7, 11) is 0. The fourth-order valence-corrected chi connectivity index (χ4v) is 4.20. The highest BCUT2D eigenvalue weighted by Gasteiger charge is 2.36. The Labute approximate surface area is 234 Å². The van der Waals surface area contributed by atoms with Crippen molar-refractivity contribution in [3.05, 3.63) is 130 Å². The van der Waals surface area contributed by atoms with E-state index in [1.54, 1.807) is 66.7 Å². The van der Waals surface area contributed by atoms with Gasteiger partial charge >= 0.3 is 6.03 Å². The lowest BCUT2D eigenvalue weighted by molar-refractivity contribution is -0.122. The average Bonchev–Trinajstić information content (AvgIpc) is 2.95. The number of imide groups is 2. The number of nitrogens with one attached hydrogen (secondary N) is 1. The van der Waals surface area contributed by atoms with Crippen LogP contribution in [0, 0.1) is 5.82 Å². The molecule has 1 saturated heterocycles. The molecule has 1 fully saturated rings. The molecule has 0 unspecified atom stereocenters. The standard InChI is InChI=1S/C31H22ClFN2O5/c32-28-10-2-1-7-22(28)19-40-25-13-11-24(12-14-25)35-30(37)27(29(36)34-31(35)38)17-20-5-4-9-26(16-20)39-18-21-6-3-8-23(33)15-21/h1-17H,18-19H2,(H,34,36,38)/b27-17-. The minimum absolute atomic E-state index is 0.136. The fourth-order valence-electron chi connectivity index (χ4n) is 4.01. The SMILES string of the molecule is O=C1NC(=O)N(c2ccc(OCc3ccccc3Cl)cc2)C(=O)/C1=C\c1cccc(OCc2cccc(F)c2)c1. The number of hydrogen-bond donors (Lipinski definition) is 1. The molecule has 4 amide bonds. The van der Waals surface area contributed by atoms with Crippen LogP contribution in [0.1, 0.15) is 16.7 Å². The van der Waals surface area contributed by atoms with E-state index in [4.69, 9.17) is 21.1 Å². The van der Waals surface area contributed by atoms with Gasteiger partial charge in [0, 0.05) is 10.6 Å². The van der Waals surface area contributed by atoms with Crippen molar-refractivity contribution in [3.8, 4) is 11.5 Å². The summed E-state index contributed by atoms with van der Waals surface area (Å²) in [6, 6.07) is 25.6. The van der Waals surface area contributed by atoms with Gasteiger partial charge in [0.15, 0.2) is 0 Å². The number of barbiturate groups is 1. The minimum Gasteiger partial charge on any atom is -0.489 e. The Balaban J connectivity index is 1.30. The molecule has 0 bridgehead atoms. The Bertz CT molecular complexity index is 1620. The molecule has 0 aliphatic carbocycles. The molecule has 0 aromatic heterocycles. The molecule has 4 aromatic carbocycles. The van der Waals surface area contributed by atoms with E-state index in [0.29, 0.717) is 27.6 Å². The molecule has 1 N–H and O–H groups in total. The van der Waals surface area contributed by atoms with Crippen LogP contribution in [0.15, 0.2) is 103 Å². The second-order valence-corrected chi connectivity index (χ2v) is 9.23. The van der Waals surface area contributed by atoms with Crippen molar-refractivity contribution >= 4 is 41.2 Å². The summed E-state index contributed by atoms with van der Waals surface area (Å²) in [6.45, 7) is 0.381. The van der Waals surface area contributed by atoms with Crippen molar-refractivity contribution in [3.63, 3.8) is 0 Å². The first-order valence-electron chi connectivity index (χ1n) is 12.2. The highest BCUT2D eigenvalue weighted by molar-refractivity contribution is 6.39. The van der Waals surface area contributed by atoms with Crippen molar-refractivity contribution in [2.45, 2.75) is 13.2 Å². The van der Waals surface area contributed by atoms with Gasteiger partial charge in [-0.1, -0.05) is 54.1 Å². The topological polar surface area (TPSA) is 84.9 Å². The van der Waals surface area contributed by atoms with E-state index >= 15 is 0 Å². The number of halogens is 2. The highest BCUT2D eigenvalue weighted by Crippen LogP contribution is 2.26. The number of ether oxygens (including phenoxy) is 2. The molecule has 40 heavy (non-hydrogen) atoms. The number of carbonyl (C=O) groups is 3. The van der Waals surface area contributed by atoms with Crippen LogP contribution >= 0.6 is 11.6 Å². The van der Waals surface area contributed by atoms with E-state index in [0.717, 1.165) is 10.5 Å². The summed E-state index contributed by atoms with van der Waals surface area (Å²) in [5.41, 5.74) is 2.02. The number of benzene rings is 4. The third-order valence-corrected chi connectivity index (χ3v) is 6.38. The molecule has 0 radical (unpaired) electrons. The first-order valence-corrected chi connectivity index (χ1v) is 12.6. The van der Waals surface area contributed by atoms with E-state index in [2.05, 4.69) is 5.32 Å². The van der Waals surface area contributed by atoms with Crippen molar-refractivity contribution in [1.82, 2.24) is 5.32 Å². The lowest BCUT2D eigenvalue weighted by atomic mass is 10.1. The molecule has 4 aromatic rings. The second-order valence-electron chi connectivity index (χ2n) is 8.82. The van der Waals surface area contributed by atoms with Crippen LogP contribution in [0.5, 0.6) is 11.5 Å². The molecule has 7 nitrogen and oxygen atoms in total. The number of rotatable bonds is 8. The zero-order valence-corrected chi connectivity index (χ0v) is 21.7. The summed E-state index contributed by atoms with van der Waals surface area (Å²) in [5.74, 6) is -0.973. The number of urea groups is 1.